The van der Waals surface area contributed by atoms with Gasteiger partial charge >= 0.3 is 0 Å². The number of aryl methyl sites for hydroxylation is 1. The second-order valence-electron chi connectivity index (χ2n) is 6.49. The highest BCUT2D eigenvalue weighted by atomic mass is 32.2. The Morgan fingerprint density at radius 1 is 1.23 bits per heavy atom. The quantitative estimate of drug-likeness (QED) is 0.393. The van der Waals surface area contributed by atoms with E-state index in [4.69, 9.17) is 0 Å². The van der Waals surface area contributed by atoms with Gasteiger partial charge in [0, 0.05) is 13.6 Å². The Hall–Kier alpha value is -3.54. The Morgan fingerprint density at radius 2 is 2.07 bits per heavy atom. The summed E-state index contributed by atoms with van der Waals surface area (Å²) in [6.45, 7) is 1.21. The first-order valence-electron chi connectivity index (χ1n) is 9.18. The van der Waals surface area contributed by atoms with E-state index in [1.807, 2.05) is 30.3 Å². The summed E-state index contributed by atoms with van der Waals surface area (Å²) in [7, 11) is 1.71. The van der Waals surface area contributed by atoms with Gasteiger partial charge in [0.05, 0.1) is 25.0 Å². The predicted octanol–water partition coefficient (Wildman–Crippen LogP) is 0.0733. The monoisotopic (exact) mass is 425 g/mol. The molecule has 11 nitrogen and oxygen atoms in total. The van der Waals surface area contributed by atoms with Crippen LogP contribution in [0.5, 0.6) is 0 Å². The number of thioether (sulfide) groups is 1. The van der Waals surface area contributed by atoms with E-state index < -0.39 is 0 Å². The Labute approximate surface area is 175 Å². The van der Waals surface area contributed by atoms with Crippen molar-refractivity contribution in [1.82, 2.24) is 44.9 Å². The number of fused-ring (bicyclic) bond motifs is 1. The van der Waals surface area contributed by atoms with Crippen molar-refractivity contribution in [1.29, 1.82) is 0 Å². The number of benzene rings is 1. The van der Waals surface area contributed by atoms with Gasteiger partial charge < -0.3 is 5.32 Å². The number of carbonyl (C=O) groups excluding carboxylic acids is 1. The second kappa shape index (κ2) is 8.86. The van der Waals surface area contributed by atoms with Crippen LogP contribution in [0.25, 0.3) is 11.0 Å². The summed E-state index contributed by atoms with van der Waals surface area (Å²) in [5.74, 6) is 0.0638. The van der Waals surface area contributed by atoms with Crippen LogP contribution >= 0.6 is 11.8 Å². The molecule has 1 N–H and O–H groups in total. The zero-order valence-electron chi connectivity index (χ0n) is 16.2. The van der Waals surface area contributed by atoms with E-state index in [2.05, 4.69) is 30.9 Å². The smallest absolute Gasteiger partial charge is 0.264 e. The minimum Gasteiger partial charge on any atom is -0.354 e. The van der Waals surface area contributed by atoms with Crippen LogP contribution in [0, 0.1) is 0 Å². The number of amides is 1. The van der Waals surface area contributed by atoms with Gasteiger partial charge in [-0.2, -0.15) is 5.10 Å². The molecular formula is C18H19N9O2S. The molecule has 0 saturated heterocycles. The molecule has 0 aliphatic heterocycles. The van der Waals surface area contributed by atoms with Crippen molar-refractivity contribution in [3.8, 4) is 0 Å². The highest BCUT2D eigenvalue weighted by Crippen LogP contribution is 2.11. The summed E-state index contributed by atoms with van der Waals surface area (Å²) in [6.07, 6.45) is 3.05. The van der Waals surface area contributed by atoms with Crippen molar-refractivity contribution in [2.45, 2.75) is 18.2 Å². The molecule has 1 aromatic carbocycles. The largest absolute Gasteiger partial charge is 0.354 e. The number of hydrogen-bond acceptors (Lipinski definition) is 8. The van der Waals surface area contributed by atoms with Gasteiger partial charge in [-0.15, -0.1) is 5.10 Å². The molecule has 0 bridgehead atoms. The molecule has 3 heterocycles. The number of aromatic nitrogens is 8. The molecule has 0 spiro atoms. The van der Waals surface area contributed by atoms with Crippen molar-refractivity contribution < 1.29 is 4.79 Å². The molecule has 154 valence electrons. The van der Waals surface area contributed by atoms with E-state index in [0.717, 1.165) is 5.56 Å². The first-order valence-corrected chi connectivity index (χ1v) is 10.2. The average Bonchev–Trinajstić information content (AvgIpc) is 3.36. The molecule has 0 radical (unpaired) electrons. The summed E-state index contributed by atoms with van der Waals surface area (Å²) >= 11 is 1.25. The van der Waals surface area contributed by atoms with Gasteiger partial charge in [-0.1, -0.05) is 42.1 Å². The van der Waals surface area contributed by atoms with Crippen molar-refractivity contribution >= 4 is 28.7 Å². The van der Waals surface area contributed by atoms with Crippen LogP contribution in [-0.4, -0.2) is 57.7 Å². The maximum absolute atomic E-state index is 12.7. The number of hydrogen-bond donors (Lipinski definition) is 1. The first-order chi connectivity index (χ1) is 14.6. The highest BCUT2D eigenvalue weighted by molar-refractivity contribution is 7.99. The molecule has 0 aliphatic rings. The minimum absolute atomic E-state index is 0.141. The summed E-state index contributed by atoms with van der Waals surface area (Å²) < 4.78 is 4.68. The number of tetrazole rings is 1. The van der Waals surface area contributed by atoms with Crippen LogP contribution in [-0.2, 0) is 24.9 Å². The molecule has 4 aromatic rings. The van der Waals surface area contributed by atoms with E-state index in [1.165, 1.54) is 29.0 Å². The summed E-state index contributed by atoms with van der Waals surface area (Å²) in [5, 5.41) is 19.1. The fourth-order valence-electron chi connectivity index (χ4n) is 2.88. The summed E-state index contributed by atoms with van der Waals surface area (Å²) in [5.41, 5.74) is 1.37. The van der Waals surface area contributed by atoms with E-state index in [0.29, 0.717) is 35.8 Å². The predicted molar refractivity (Wildman–Crippen MR) is 110 cm³/mol. The first kappa shape index (κ1) is 19.8. The third kappa shape index (κ3) is 4.38. The van der Waals surface area contributed by atoms with E-state index in [1.54, 1.807) is 16.3 Å². The van der Waals surface area contributed by atoms with Gasteiger partial charge in [-0.05, 0) is 16.0 Å². The lowest BCUT2D eigenvalue weighted by atomic mass is 10.2. The zero-order valence-corrected chi connectivity index (χ0v) is 17.0. The van der Waals surface area contributed by atoms with Crippen molar-refractivity contribution in [2.75, 3.05) is 12.3 Å². The van der Waals surface area contributed by atoms with Gasteiger partial charge in [0.2, 0.25) is 11.1 Å². The molecule has 4 rings (SSSR count). The maximum atomic E-state index is 12.7. The Bertz CT molecular complexity index is 1220. The molecule has 1 amide bonds. The Morgan fingerprint density at radius 3 is 2.83 bits per heavy atom. The van der Waals surface area contributed by atoms with Gasteiger partial charge in [-0.3, -0.25) is 14.2 Å². The Balaban J connectivity index is 1.35. The molecule has 12 heteroatoms. The molecule has 0 unspecified atom stereocenters. The van der Waals surface area contributed by atoms with Crippen LogP contribution in [0.2, 0.25) is 0 Å². The number of carbonyl (C=O) groups is 1. The van der Waals surface area contributed by atoms with Gasteiger partial charge in [0.25, 0.3) is 5.56 Å². The van der Waals surface area contributed by atoms with E-state index in [9.17, 15) is 9.59 Å². The summed E-state index contributed by atoms with van der Waals surface area (Å²) in [6, 6.07) is 9.72. The van der Waals surface area contributed by atoms with Gasteiger partial charge in [-0.25, -0.2) is 14.3 Å². The average molecular weight is 425 g/mol. The SMILES string of the molecule is Cn1nnnc1SCC(=O)NCCn1ncc2c(=O)n(Cc3ccccc3)cnc21. The van der Waals surface area contributed by atoms with Crippen molar-refractivity contribution in [3.63, 3.8) is 0 Å². The molecule has 0 saturated carbocycles. The second-order valence-corrected chi connectivity index (χ2v) is 7.43. The topological polar surface area (TPSA) is 125 Å². The fraction of sp³-hybridized carbons (Fsp3) is 0.278. The van der Waals surface area contributed by atoms with E-state index >= 15 is 0 Å². The standard InChI is InChI=1S/C18H19N9O2S/c1-25-18(22-23-24-25)30-11-15(28)19-7-8-27-16-14(9-21-27)17(29)26(12-20-16)10-13-5-3-2-4-6-13/h2-6,9,12H,7-8,10-11H2,1H3,(H,19,28). The molecule has 0 fully saturated rings. The van der Waals surface area contributed by atoms with Crippen LogP contribution < -0.4 is 10.9 Å². The highest BCUT2D eigenvalue weighted by Gasteiger charge is 2.11. The van der Waals surface area contributed by atoms with Crippen LogP contribution in [0.1, 0.15) is 5.56 Å². The molecular weight excluding hydrogens is 406 g/mol. The maximum Gasteiger partial charge on any atom is 0.264 e. The normalized spacial score (nSPS) is 11.1. The van der Waals surface area contributed by atoms with Gasteiger partial charge in [0.1, 0.15) is 11.7 Å². The van der Waals surface area contributed by atoms with Gasteiger partial charge in [0.15, 0.2) is 5.65 Å². The number of nitrogens with zero attached hydrogens (tertiary/aromatic N) is 8. The van der Waals surface area contributed by atoms with Crippen molar-refractivity contribution in [3.05, 3.63) is 58.8 Å². The lowest BCUT2D eigenvalue weighted by Crippen LogP contribution is -2.29. The van der Waals surface area contributed by atoms with Crippen LogP contribution in [0.15, 0.2) is 52.8 Å². The fourth-order valence-corrected chi connectivity index (χ4v) is 3.56. The minimum atomic E-state index is -0.146. The third-order valence-electron chi connectivity index (χ3n) is 4.38. The Kier molecular flexibility index (Phi) is 5.84. The lowest BCUT2D eigenvalue weighted by Gasteiger charge is -2.07. The number of nitrogens with one attached hydrogen (secondary N) is 1. The van der Waals surface area contributed by atoms with Crippen LogP contribution in [0.4, 0.5) is 0 Å². The van der Waals surface area contributed by atoms with Crippen molar-refractivity contribution in [2.24, 2.45) is 7.05 Å². The molecule has 30 heavy (non-hydrogen) atoms. The molecule has 3 aromatic heterocycles. The summed E-state index contributed by atoms with van der Waals surface area (Å²) in [4.78, 5) is 29.1. The molecule has 0 aliphatic carbocycles. The molecule has 0 atom stereocenters. The lowest BCUT2D eigenvalue weighted by molar-refractivity contribution is -0.118. The van der Waals surface area contributed by atoms with E-state index in [-0.39, 0.29) is 17.2 Å². The van der Waals surface area contributed by atoms with Crippen LogP contribution in [0.3, 0.4) is 0 Å². The number of rotatable bonds is 8. The third-order valence-corrected chi connectivity index (χ3v) is 5.39. The zero-order chi connectivity index (χ0) is 20.9.